The summed E-state index contributed by atoms with van der Waals surface area (Å²) in [6.07, 6.45) is 0. The molecule has 0 fully saturated rings. The van der Waals surface area contributed by atoms with Crippen LogP contribution < -0.4 is 70.2 Å². The van der Waals surface area contributed by atoms with Crippen LogP contribution in [0.25, 0.3) is 0 Å². The summed E-state index contributed by atoms with van der Waals surface area (Å²) in [4.78, 5) is 0. The van der Waals surface area contributed by atoms with Gasteiger partial charge in [-0.2, -0.15) is 0 Å². The van der Waals surface area contributed by atoms with E-state index in [1.807, 2.05) is 0 Å². The molecule has 0 saturated carbocycles. The molecule has 0 aliphatic carbocycles. The van der Waals surface area contributed by atoms with Gasteiger partial charge < -0.3 is 8.33 Å². The zero-order valence-corrected chi connectivity index (χ0v) is 7.68. The molecule has 0 saturated heterocycles. The molecule has 0 bridgehead atoms. The van der Waals surface area contributed by atoms with E-state index in [9.17, 15) is 0 Å². The van der Waals surface area contributed by atoms with Crippen LogP contribution in [0.15, 0.2) is 0 Å². The van der Waals surface area contributed by atoms with Crippen LogP contribution in [-0.4, -0.2) is 5.48 Å². The van der Waals surface area contributed by atoms with E-state index < -0.39 is 0 Å². The van der Waals surface area contributed by atoms with Gasteiger partial charge in [0.25, 0.3) is 0 Å². The maximum atomic E-state index is 0. The molecule has 0 aliphatic rings. The SMILES string of the molecule is O.[H-].[H-].[K+].[Li+].[Ti]. The van der Waals surface area contributed by atoms with Gasteiger partial charge in [0.2, 0.25) is 0 Å². The maximum Gasteiger partial charge on any atom is 1.00 e. The average Bonchev–Trinajstić information content (AvgIpc) is 0. The summed E-state index contributed by atoms with van der Waals surface area (Å²) >= 11 is 0. The maximum absolute atomic E-state index is 0. The molecule has 0 atom stereocenters. The van der Waals surface area contributed by atoms with Gasteiger partial charge in [-0.1, -0.05) is 0 Å². The summed E-state index contributed by atoms with van der Waals surface area (Å²) in [7, 11) is 0. The Morgan fingerprint density at radius 3 is 1.25 bits per heavy atom. The van der Waals surface area contributed by atoms with E-state index in [4.69, 9.17) is 0 Å². The Labute approximate surface area is 98.0 Å². The zero-order valence-electron chi connectivity index (χ0n) is 5.00. The fourth-order valence-electron chi connectivity index (χ4n) is 0. The van der Waals surface area contributed by atoms with Gasteiger partial charge in [-0.15, -0.1) is 0 Å². The third kappa shape index (κ3) is 8.86. The molecular formula is H4KLiOTi. The van der Waals surface area contributed by atoms with Crippen LogP contribution in [0.1, 0.15) is 2.85 Å². The Morgan fingerprint density at radius 2 is 1.25 bits per heavy atom. The summed E-state index contributed by atoms with van der Waals surface area (Å²) < 4.78 is 0. The van der Waals surface area contributed by atoms with E-state index in [2.05, 4.69) is 0 Å². The fraction of sp³-hybridized carbons (Fsp3) is 0. The van der Waals surface area contributed by atoms with Crippen molar-refractivity contribution >= 4 is 0 Å². The van der Waals surface area contributed by atoms with Gasteiger partial charge in [0.05, 0.1) is 0 Å². The average molecular weight is 114 g/mol. The quantitative estimate of drug-likeness (QED) is 0.280. The molecule has 0 radical (unpaired) electrons. The third-order valence-electron chi connectivity index (χ3n) is 0. The molecule has 4 heavy (non-hydrogen) atoms. The normalized spacial score (nSPS) is 0. The topological polar surface area (TPSA) is 31.5 Å². The predicted octanol–water partition coefficient (Wildman–Crippen LogP) is -6.59. The van der Waals surface area contributed by atoms with Crippen molar-refractivity contribution in [3.8, 4) is 0 Å². The van der Waals surface area contributed by atoms with E-state index in [-0.39, 0.29) is 100 Å². The van der Waals surface area contributed by atoms with Crippen LogP contribution in [0.2, 0.25) is 0 Å². The molecule has 1 nitrogen and oxygen atoms in total. The standard InChI is InChI=1S/K.Li.H2O.Ti.2H/h;;1H2;;;/q2*+1;;;2*-1. The van der Waals surface area contributed by atoms with Gasteiger partial charge in [0.1, 0.15) is 0 Å². The molecule has 0 rings (SSSR count). The van der Waals surface area contributed by atoms with Crippen LogP contribution in [-0.2, 0) is 21.7 Å². The molecule has 0 spiro atoms. The Bertz CT molecular complexity index is 13.5. The van der Waals surface area contributed by atoms with Gasteiger partial charge in [0.15, 0.2) is 0 Å². The first-order valence-electron chi connectivity index (χ1n) is 0. The Balaban J connectivity index is 0. The number of rotatable bonds is 0. The van der Waals surface area contributed by atoms with Gasteiger partial charge in [-0.3, -0.25) is 0 Å². The fourth-order valence-corrected chi connectivity index (χ4v) is 0. The van der Waals surface area contributed by atoms with Gasteiger partial charge >= 0.3 is 70.2 Å². The molecule has 16 valence electrons. The van der Waals surface area contributed by atoms with Gasteiger partial charge in [-0.25, -0.2) is 0 Å². The molecular weight excluding hydrogens is 110 g/mol. The molecule has 4 heteroatoms. The van der Waals surface area contributed by atoms with E-state index in [0.717, 1.165) is 0 Å². The van der Waals surface area contributed by atoms with Crippen LogP contribution in [0.5, 0.6) is 0 Å². The number of hydrogen-bond acceptors (Lipinski definition) is 0. The minimum Gasteiger partial charge on any atom is -1.00 e. The Morgan fingerprint density at radius 1 is 1.25 bits per heavy atom. The minimum atomic E-state index is 0. The van der Waals surface area contributed by atoms with Crippen molar-refractivity contribution in [2.75, 3.05) is 0 Å². The predicted molar refractivity (Wildman–Crippen MR) is 5.84 cm³/mol. The Kier molecular flexibility index (Phi) is 120. The monoisotopic (exact) mass is 114 g/mol. The van der Waals surface area contributed by atoms with Crippen LogP contribution in [0.4, 0.5) is 0 Å². The Hall–Kier alpha value is 2.91. The second kappa shape index (κ2) is 16.8. The van der Waals surface area contributed by atoms with E-state index in [1.54, 1.807) is 0 Å². The molecule has 0 unspecified atom stereocenters. The van der Waals surface area contributed by atoms with Crippen molar-refractivity contribution in [1.82, 2.24) is 0 Å². The van der Waals surface area contributed by atoms with Crippen molar-refractivity contribution in [3.05, 3.63) is 0 Å². The molecule has 0 aromatic heterocycles. The summed E-state index contributed by atoms with van der Waals surface area (Å²) in [5.41, 5.74) is 0. The van der Waals surface area contributed by atoms with Crippen LogP contribution >= 0.6 is 0 Å². The van der Waals surface area contributed by atoms with Gasteiger partial charge in [0, 0.05) is 21.7 Å². The van der Waals surface area contributed by atoms with Crippen molar-refractivity contribution in [3.63, 3.8) is 0 Å². The van der Waals surface area contributed by atoms with Crippen molar-refractivity contribution < 1.29 is 100 Å². The molecule has 0 heterocycles. The molecule has 0 aromatic rings. The largest absolute Gasteiger partial charge is 1.00 e. The summed E-state index contributed by atoms with van der Waals surface area (Å²) in [6, 6.07) is 0. The van der Waals surface area contributed by atoms with Crippen molar-refractivity contribution in [2.24, 2.45) is 0 Å². The van der Waals surface area contributed by atoms with E-state index in [1.165, 1.54) is 0 Å². The molecule has 0 aliphatic heterocycles. The third-order valence-corrected chi connectivity index (χ3v) is 0. The van der Waals surface area contributed by atoms with E-state index >= 15 is 0 Å². The zero-order chi connectivity index (χ0) is 0. The first-order chi connectivity index (χ1) is 0. The molecule has 2 N–H and O–H groups in total. The smallest absolute Gasteiger partial charge is 1.00 e. The number of hydrogen-bond donors (Lipinski definition) is 0. The summed E-state index contributed by atoms with van der Waals surface area (Å²) in [5.74, 6) is 0. The first kappa shape index (κ1) is 28.5. The molecule has 0 amide bonds. The molecule has 0 aromatic carbocycles. The van der Waals surface area contributed by atoms with Crippen molar-refractivity contribution in [2.45, 2.75) is 0 Å². The van der Waals surface area contributed by atoms with Crippen molar-refractivity contribution in [1.29, 1.82) is 0 Å². The van der Waals surface area contributed by atoms with Crippen LogP contribution in [0, 0.1) is 0 Å². The van der Waals surface area contributed by atoms with Gasteiger partial charge in [-0.05, 0) is 0 Å². The second-order valence-electron chi connectivity index (χ2n) is 0. The minimum absolute atomic E-state index is 0. The summed E-state index contributed by atoms with van der Waals surface area (Å²) in [6.45, 7) is 0. The van der Waals surface area contributed by atoms with Crippen LogP contribution in [0.3, 0.4) is 0 Å². The first-order valence-corrected chi connectivity index (χ1v) is 0. The second-order valence-corrected chi connectivity index (χ2v) is 0. The summed E-state index contributed by atoms with van der Waals surface area (Å²) in [5, 5.41) is 0. The van der Waals surface area contributed by atoms with E-state index in [0.29, 0.717) is 0 Å².